The monoisotopic (exact) mass is 323 g/mol. The predicted octanol–water partition coefficient (Wildman–Crippen LogP) is 3.48. The van der Waals surface area contributed by atoms with E-state index in [9.17, 15) is 18.0 Å². The van der Waals surface area contributed by atoms with Gasteiger partial charge in [0.2, 0.25) is 5.91 Å². The van der Waals surface area contributed by atoms with Crippen LogP contribution in [0.25, 0.3) is 0 Å². The van der Waals surface area contributed by atoms with E-state index in [1.54, 1.807) is 0 Å². The molecule has 1 heterocycles. The van der Waals surface area contributed by atoms with E-state index in [1.165, 1.54) is 29.5 Å². The van der Waals surface area contributed by atoms with Crippen molar-refractivity contribution in [1.29, 1.82) is 0 Å². The highest BCUT2D eigenvalue weighted by molar-refractivity contribution is 7.10. The zero-order valence-electron chi connectivity index (χ0n) is 11.4. The quantitative estimate of drug-likeness (QED) is 0.861. The minimum Gasteiger partial charge on any atom is -0.345 e. The Morgan fingerprint density at radius 1 is 1.18 bits per heavy atom. The van der Waals surface area contributed by atoms with Crippen LogP contribution in [-0.4, -0.2) is 12.5 Å². The lowest BCUT2D eigenvalue weighted by atomic mass is 10.1. The second kappa shape index (κ2) is 7.14. The molecule has 2 rings (SSSR count). The summed E-state index contributed by atoms with van der Waals surface area (Å²) in [7, 11) is 0. The average Bonchev–Trinajstić information content (AvgIpc) is 2.96. The molecule has 0 fully saturated rings. The van der Waals surface area contributed by atoms with Gasteiger partial charge in [-0.2, -0.15) is 13.2 Å². The number of halogens is 3. The number of amides is 1. The van der Waals surface area contributed by atoms with Crippen LogP contribution in [0.1, 0.15) is 16.0 Å². The highest BCUT2D eigenvalue weighted by Crippen LogP contribution is 2.31. The fourth-order valence-electron chi connectivity index (χ4n) is 1.76. The van der Waals surface area contributed by atoms with Gasteiger partial charge in [-0.05, 0) is 23.6 Å². The fraction of sp³-hybridized carbons (Fsp3) is 0.188. The molecular weight excluding hydrogens is 311 g/mol. The third-order valence-electron chi connectivity index (χ3n) is 2.74. The number of thiophene rings is 1. The Bertz CT molecular complexity index is 696. The molecule has 0 spiro atoms. The van der Waals surface area contributed by atoms with Crippen LogP contribution in [0, 0.1) is 11.8 Å². The first-order chi connectivity index (χ1) is 10.5. The summed E-state index contributed by atoms with van der Waals surface area (Å²) in [6, 6.07) is 8.80. The first kappa shape index (κ1) is 16.1. The van der Waals surface area contributed by atoms with E-state index in [-0.39, 0.29) is 24.4 Å². The van der Waals surface area contributed by atoms with Crippen LogP contribution in [0.3, 0.4) is 0 Å². The van der Waals surface area contributed by atoms with Crippen molar-refractivity contribution < 1.29 is 18.0 Å². The Hall–Kier alpha value is -2.26. The number of carbonyl (C=O) groups is 1. The number of nitrogens with one attached hydrogen (secondary N) is 1. The molecule has 1 aromatic heterocycles. The first-order valence-electron chi connectivity index (χ1n) is 6.41. The topological polar surface area (TPSA) is 29.1 Å². The molecule has 1 amide bonds. The van der Waals surface area contributed by atoms with Crippen molar-refractivity contribution in [3.8, 4) is 11.8 Å². The number of benzene rings is 1. The summed E-state index contributed by atoms with van der Waals surface area (Å²) in [5.74, 6) is 4.79. The van der Waals surface area contributed by atoms with Gasteiger partial charge in [0.1, 0.15) is 0 Å². The van der Waals surface area contributed by atoms with E-state index in [0.29, 0.717) is 0 Å². The maximum Gasteiger partial charge on any atom is 0.417 e. The Kier molecular flexibility index (Phi) is 5.23. The van der Waals surface area contributed by atoms with Gasteiger partial charge in [0.25, 0.3) is 0 Å². The summed E-state index contributed by atoms with van der Waals surface area (Å²) in [5, 5.41) is 4.43. The lowest BCUT2D eigenvalue weighted by molar-refractivity contribution is -0.137. The summed E-state index contributed by atoms with van der Waals surface area (Å²) in [4.78, 5) is 12.5. The van der Waals surface area contributed by atoms with Crippen molar-refractivity contribution in [2.24, 2.45) is 0 Å². The maximum atomic E-state index is 12.8. The normalized spacial score (nSPS) is 10.7. The van der Waals surface area contributed by atoms with Crippen LogP contribution >= 0.6 is 11.3 Å². The molecule has 114 valence electrons. The van der Waals surface area contributed by atoms with Crippen LogP contribution in [0.15, 0.2) is 41.8 Å². The molecule has 0 aliphatic heterocycles. The number of rotatable bonds is 3. The minimum absolute atomic E-state index is 0.0103. The van der Waals surface area contributed by atoms with Crippen LogP contribution in [0.2, 0.25) is 0 Å². The van der Waals surface area contributed by atoms with Crippen molar-refractivity contribution in [3.05, 3.63) is 57.8 Å². The molecule has 2 nitrogen and oxygen atoms in total. The number of hydrogen-bond acceptors (Lipinski definition) is 2. The number of hydrogen-bond donors (Lipinski definition) is 1. The van der Waals surface area contributed by atoms with E-state index in [1.807, 2.05) is 17.5 Å². The summed E-state index contributed by atoms with van der Waals surface area (Å²) < 4.78 is 38.3. The second-order valence-corrected chi connectivity index (χ2v) is 5.41. The fourth-order valence-corrected chi connectivity index (χ4v) is 2.46. The van der Waals surface area contributed by atoms with Crippen LogP contribution < -0.4 is 5.32 Å². The molecule has 0 radical (unpaired) electrons. The Balaban J connectivity index is 1.93. The molecule has 1 N–H and O–H groups in total. The van der Waals surface area contributed by atoms with E-state index in [0.717, 1.165) is 10.9 Å². The Morgan fingerprint density at radius 2 is 1.95 bits per heavy atom. The van der Waals surface area contributed by atoms with Crippen LogP contribution in [-0.2, 0) is 17.4 Å². The average molecular weight is 323 g/mol. The van der Waals surface area contributed by atoms with Crippen LogP contribution in [0.4, 0.5) is 13.2 Å². The van der Waals surface area contributed by atoms with Crippen molar-refractivity contribution in [2.45, 2.75) is 12.6 Å². The van der Waals surface area contributed by atoms with Gasteiger partial charge in [-0.3, -0.25) is 4.79 Å². The first-order valence-corrected chi connectivity index (χ1v) is 7.29. The van der Waals surface area contributed by atoms with Crippen molar-refractivity contribution in [1.82, 2.24) is 5.32 Å². The highest BCUT2D eigenvalue weighted by atomic mass is 32.1. The zero-order chi connectivity index (χ0) is 16.0. The zero-order valence-corrected chi connectivity index (χ0v) is 12.2. The number of carbonyl (C=O) groups excluding carboxylic acids is 1. The molecule has 1 aromatic carbocycles. The van der Waals surface area contributed by atoms with Crippen molar-refractivity contribution >= 4 is 17.2 Å². The molecule has 0 saturated heterocycles. The van der Waals surface area contributed by atoms with Gasteiger partial charge in [-0.1, -0.05) is 30.0 Å². The molecule has 0 bridgehead atoms. The lowest BCUT2D eigenvalue weighted by Gasteiger charge is -2.08. The third kappa shape index (κ3) is 4.64. The van der Waals surface area contributed by atoms with E-state index >= 15 is 0 Å². The van der Waals surface area contributed by atoms with Gasteiger partial charge in [0, 0.05) is 10.4 Å². The Morgan fingerprint density at radius 3 is 2.64 bits per heavy atom. The SMILES string of the molecule is O=C(Cc1cccs1)NCC#Cc1ccccc1C(F)(F)F. The largest absolute Gasteiger partial charge is 0.417 e. The molecule has 0 atom stereocenters. The smallest absolute Gasteiger partial charge is 0.345 e. The van der Waals surface area contributed by atoms with Crippen LogP contribution in [0.5, 0.6) is 0 Å². The van der Waals surface area contributed by atoms with Gasteiger partial charge in [-0.25, -0.2) is 0 Å². The van der Waals surface area contributed by atoms with Gasteiger partial charge in [-0.15, -0.1) is 11.3 Å². The summed E-state index contributed by atoms with van der Waals surface area (Å²) in [6.07, 6.45) is -4.19. The summed E-state index contributed by atoms with van der Waals surface area (Å²) in [5.41, 5.74) is -0.866. The highest BCUT2D eigenvalue weighted by Gasteiger charge is 2.32. The van der Waals surface area contributed by atoms with Gasteiger partial charge in [0.05, 0.1) is 18.5 Å². The molecule has 2 aromatic rings. The Labute approximate surface area is 130 Å². The molecular formula is C16H12F3NOS. The second-order valence-electron chi connectivity index (χ2n) is 4.38. The minimum atomic E-state index is -4.44. The lowest BCUT2D eigenvalue weighted by Crippen LogP contribution is -2.25. The van der Waals surface area contributed by atoms with Gasteiger partial charge >= 0.3 is 6.18 Å². The molecule has 0 aliphatic carbocycles. The third-order valence-corrected chi connectivity index (χ3v) is 3.62. The predicted molar refractivity (Wildman–Crippen MR) is 79.4 cm³/mol. The van der Waals surface area contributed by atoms with Crippen molar-refractivity contribution in [3.63, 3.8) is 0 Å². The van der Waals surface area contributed by atoms with Crippen molar-refractivity contribution in [2.75, 3.05) is 6.54 Å². The maximum absolute atomic E-state index is 12.8. The van der Waals surface area contributed by atoms with E-state index < -0.39 is 11.7 Å². The summed E-state index contributed by atoms with van der Waals surface area (Å²) in [6.45, 7) is 0.0103. The van der Waals surface area contributed by atoms with Gasteiger partial charge < -0.3 is 5.32 Å². The molecule has 22 heavy (non-hydrogen) atoms. The summed E-state index contributed by atoms with van der Waals surface area (Å²) >= 11 is 1.47. The molecule has 6 heteroatoms. The van der Waals surface area contributed by atoms with E-state index in [2.05, 4.69) is 17.2 Å². The standard InChI is InChI=1S/C16H12F3NOS/c17-16(18,19)14-8-2-1-5-12(14)6-3-9-20-15(21)11-13-7-4-10-22-13/h1-2,4-5,7-8,10H,9,11H2,(H,20,21). The van der Waals surface area contributed by atoms with Gasteiger partial charge in [0.15, 0.2) is 0 Å². The molecule has 0 aliphatic rings. The van der Waals surface area contributed by atoms with E-state index in [4.69, 9.17) is 0 Å². The number of alkyl halides is 3. The molecule has 0 unspecified atom stereocenters. The molecule has 0 saturated carbocycles.